The molecule has 1 fully saturated rings. The fraction of sp³-hybridized carbons (Fsp3) is 0.296. The van der Waals surface area contributed by atoms with Crippen LogP contribution >= 0.6 is 11.3 Å². The van der Waals surface area contributed by atoms with Crippen LogP contribution in [0.2, 0.25) is 0 Å². The van der Waals surface area contributed by atoms with Crippen LogP contribution in [-0.4, -0.2) is 29.0 Å². The van der Waals surface area contributed by atoms with Crippen molar-refractivity contribution in [1.82, 2.24) is 15.3 Å². The lowest BCUT2D eigenvalue weighted by Crippen LogP contribution is -2.44. The zero-order valence-electron chi connectivity index (χ0n) is 19.2. The fourth-order valence-electron chi connectivity index (χ4n) is 4.50. The highest BCUT2D eigenvalue weighted by Gasteiger charge is 2.27. The number of carbonyl (C=O) groups is 1. The minimum atomic E-state index is -0.138. The lowest BCUT2D eigenvalue weighted by Gasteiger charge is -2.32. The summed E-state index contributed by atoms with van der Waals surface area (Å²) in [5.74, 6) is 0.453. The number of amides is 1. The predicted molar refractivity (Wildman–Crippen MR) is 138 cm³/mol. The van der Waals surface area contributed by atoms with Gasteiger partial charge >= 0.3 is 0 Å². The van der Waals surface area contributed by atoms with Gasteiger partial charge in [-0.3, -0.25) is 14.6 Å². The third kappa shape index (κ3) is 4.61. The van der Waals surface area contributed by atoms with Crippen molar-refractivity contribution in [2.75, 3.05) is 18.0 Å². The number of nitrogens with one attached hydrogen (secondary N) is 2. The van der Waals surface area contributed by atoms with Crippen LogP contribution in [-0.2, 0) is 17.8 Å². The topological polar surface area (TPSA) is 78.1 Å². The van der Waals surface area contributed by atoms with E-state index in [1.165, 1.54) is 16.9 Å². The van der Waals surface area contributed by atoms with E-state index in [2.05, 4.69) is 41.5 Å². The fourth-order valence-corrected chi connectivity index (χ4v) is 5.41. The summed E-state index contributed by atoms with van der Waals surface area (Å²) in [5, 5.41) is 5.08. The lowest BCUT2D eigenvalue weighted by atomic mass is 9.97. The van der Waals surface area contributed by atoms with E-state index in [0.29, 0.717) is 23.7 Å². The minimum absolute atomic E-state index is 0.0493. The van der Waals surface area contributed by atoms with Crippen molar-refractivity contribution in [3.63, 3.8) is 0 Å². The quantitative estimate of drug-likeness (QED) is 0.425. The standard InChI is InChI=1S/C27H28N4O2S/c1-2-18-10-12-19(13-11-18)15-28-25(32)21-9-6-14-31(16-21)27-29-23-22(20-7-4-3-5-8-20)17-34-24(23)26(33)30-27/h3-5,7-8,10-13,17,21H,2,6,9,14-16H2,1H3,(H,28,32)(H,29,30,33)/t21-/m1/s1. The second kappa shape index (κ2) is 9.81. The van der Waals surface area contributed by atoms with Crippen LogP contribution in [0.3, 0.4) is 0 Å². The summed E-state index contributed by atoms with van der Waals surface area (Å²) in [5.41, 5.74) is 4.98. The number of anilines is 1. The third-order valence-corrected chi connectivity index (χ3v) is 7.46. The number of thiophene rings is 1. The van der Waals surface area contributed by atoms with E-state index in [1.54, 1.807) is 0 Å². The summed E-state index contributed by atoms with van der Waals surface area (Å²) in [4.78, 5) is 35.6. The second-order valence-electron chi connectivity index (χ2n) is 8.76. The van der Waals surface area contributed by atoms with Crippen LogP contribution in [0.4, 0.5) is 5.95 Å². The molecule has 0 bridgehead atoms. The summed E-state index contributed by atoms with van der Waals surface area (Å²) in [6.45, 7) is 3.96. The van der Waals surface area contributed by atoms with E-state index in [4.69, 9.17) is 4.98 Å². The van der Waals surface area contributed by atoms with Crippen LogP contribution in [0.1, 0.15) is 30.9 Å². The summed E-state index contributed by atoms with van der Waals surface area (Å²) in [6.07, 6.45) is 2.71. The molecule has 0 saturated carbocycles. The average Bonchev–Trinajstić information content (AvgIpc) is 3.33. The number of fused-ring (bicyclic) bond motifs is 1. The number of carbonyl (C=O) groups excluding carboxylic acids is 1. The molecule has 1 amide bonds. The largest absolute Gasteiger partial charge is 0.352 e. The summed E-state index contributed by atoms with van der Waals surface area (Å²) in [6, 6.07) is 18.4. The Hall–Kier alpha value is -3.45. The van der Waals surface area contributed by atoms with Gasteiger partial charge in [-0.2, -0.15) is 0 Å². The Balaban J connectivity index is 1.32. The molecule has 5 rings (SSSR count). The van der Waals surface area contributed by atoms with E-state index in [9.17, 15) is 9.59 Å². The molecule has 1 saturated heterocycles. The smallest absolute Gasteiger partial charge is 0.270 e. The Bertz CT molecular complexity index is 1340. The zero-order valence-corrected chi connectivity index (χ0v) is 20.0. The average molecular weight is 473 g/mol. The van der Waals surface area contributed by atoms with Crippen LogP contribution in [0.15, 0.2) is 64.8 Å². The molecule has 2 aromatic carbocycles. The van der Waals surface area contributed by atoms with Crippen molar-refractivity contribution < 1.29 is 4.79 Å². The van der Waals surface area contributed by atoms with E-state index in [1.807, 2.05) is 40.6 Å². The normalized spacial score (nSPS) is 16.0. The third-order valence-electron chi connectivity index (χ3n) is 6.49. The number of aromatic nitrogens is 2. The highest BCUT2D eigenvalue weighted by Crippen LogP contribution is 2.32. The van der Waals surface area contributed by atoms with Crippen molar-refractivity contribution in [1.29, 1.82) is 0 Å². The number of benzene rings is 2. The van der Waals surface area contributed by atoms with Crippen LogP contribution in [0, 0.1) is 5.92 Å². The van der Waals surface area contributed by atoms with Crippen molar-refractivity contribution >= 4 is 33.4 Å². The van der Waals surface area contributed by atoms with Gasteiger partial charge in [-0.1, -0.05) is 61.5 Å². The molecule has 2 aromatic heterocycles. The SMILES string of the molecule is CCc1ccc(CNC(=O)[C@@H]2CCCN(c3nc4c(-c5ccccc5)csc4c(=O)[nH]3)C2)cc1. The molecule has 3 heterocycles. The Labute approximate surface area is 202 Å². The number of hydrogen-bond donors (Lipinski definition) is 2. The van der Waals surface area contributed by atoms with Gasteiger partial charge in [-0.25, -0.2) is 4.98 Å². The van der Waals surface area contributed by atoms with Gasteiger partial charge in [0.15, 0.2) is 0 Å². The molecule has 0 aliphatic carbocycles. The van der Waals surface area contributed by atoms with Gasteiger partial charge in [0.25, 0.3) is 5.56 Å². The Morgan fingerprint density at radius 1 is 1.15 bits per heavy atom. The molecule has 6 nitrogen and oxygen atoms in total. The first-order valence-electron chi connectivity index (χ1n) is 11.8. The molecule has 34 heavy (non-hydrogen) atoms. The molecule has 0 unspecified atom stereocenters. The number of aromatic amines is 1. The molecule has 174 valence electrons. The molecule has 4 aromatic rings. The van der Waals surface area contributed by atoms with E-state index < -0.39 is 0 Å². The van der Waals surface area contributed by atoms with E-state index in [0.717, 1.165) is 48.0 Å². The molecule has 0 radical (unpaired) electrons. The van der Waals surface area contributed by atoms with E-state index in [-0.39, 0.29) is 17.4 Å². The van der Waals surface area contributed by atoms with Gasteiger partial charge in [0, 0.05) is 30.6 Å². The highest BCUT2D eigenvalue weighted by atomic mass is 32.1. The molecular weight excluding hydrogens is 444 g/mol. The minimum Gasteiger partial charge on any atom is -0.352 e. The Kier molecular flexibility index (Phi) is 6.45. The Morgan fingerprint density at radius 3 is 2.68 bits per heavy atom. The highest BCUT2D eigenvalue weighted by molar-refractivity contribution is 7.17. The zero-order chi connectivity index (χ0) is 23.5. The van der Waals surface area contributed by atoms with Crippen molar-refractivity contribution in [2.24, 2.45) is 5.92 Å². The number of nitrogens with zero attached hydrogens (tertiary/aromatic N) is 2. The monoisotopic (exact) mass is 472 g/mol. The number of hydrogen-bond acceptors (Lipinski definition) is 5. The van der Waals surface area contributed by atoms with Crippen molar-refractivity contribution in [3.05, 3.63) is 81.5 Å². The number of piperidine rings is 1. The summed E-state index contributed by atoms with van der Waals surface area (Å²) in [7, 11) is 0. The molecular formula is C27H28N4O2S. The van der Waals surface area contributed by atoms with Crippen LogP contribution in [0.25, 0.3) is 21.3 Å². The van der Waals surface area contributed by atoms with Crippen LogP contribution in [0.5, 0.6) is 0 Å². The van der Waals surface area contributed by atoms with Gasteiger partial charge < -0.3 is 10.2 Å². The van der Waals surface area contributed by atoms with Gasteiger partial charge in [0.2, 0.25) is 11.9 Å². The molecule has 7 heteroatoms. The molecule has 0 spiro atoms. The number of rotatable bonds is 6. The summed E-state index contributed by atoms with van der Waals surface area (Å²) >= 11 is 1.41. The van der Waals surface area contributed by atoms with Gasteiger partial charge in [0.05, 0.1) is 11.4 Å². The van der Waals surface area contributed by atoms with Gasteiger partial charge in [-0.15, -0.1) is 11.3 Å². The van der Waals surface area contributed by atoms with E-state index >= 15 is 0 Å². The lowest BCUT2D eigenvalue weighted by molar-refractivity contribution is -0.125. The molecule has 1 aliphatic rings. The van der Waals surface area contributed by atoms with Gasteiger partial charge in [0.1, 0.15) is 4.70 Å². The predicted octanol–water partition coefficient (Wildman–Crippen LogP) is 4.75. The number of aryl methyl sites for hydroxylation is 1. The summed E-state index contributed by atoms with van der Waals surface area (Å²) < 4.78 is 0.628. The maximum absolute atomic E-state index is 12.9. The first-order valence-corrected chi connectivity index (χ1v) is 12.7. The van der Waals surface area contributed by atoms with Crippen molar-refractivity contribution in [2.45, 2.75) is 32.7 Å². The van der Waals surface area contributed by atoms with Gasteiger partial charge in [-0.05, 0) is 36.0 Å². The second-order valence-corrected chi connectivity index (χ2v) is 9.64. The molecule has 2 N–H and O–H groups in total. The van der Waals surface area contributed by atoms with Crippen molar-refractivity contribution in [3.8, 4) is 11.1 Å². The Morgan fingerprint density at radius 2 is 1.91 bits per heavy atom. The number of H-pyrrole nitrogens is 1. The maximum atomic E-state index is 12.9. The first kappa shape index (κ1) is 22.3. The first-order chi connectivity index (χ1) is 16.6. The molecule has 1 aliphatic heterocycles. The maximum Gasteiger partial charge on any atom is 0.270 e. The van der Waals surface area contributed by atoms with Crippen LogP contribution < -0.4 is 15.8 Å². The molecule has 1 atom stereocenters.